The number of esters is 1. The summed E-state index contributed by atoms with van der Waals surface area (Å²) in [6.45, 7) is 4.43. The molecule has 3 heteroatoms. The Morgan fingerprint density at radius 1 is 1.43 bits per heavy atom. The zero-order chi connectivity index (χ0) is 10.4. The summed E-state index contributed by atoms with van der Waals surface area (Å²) in [4.78, 5) is 11.5. The first-order valence-corrected chi connectivity index (χ1v) is 6.54. The topological polar surface area (TPSA) is 26.3 Å². The number of carbonyl (C=O) groups is 1. The second-order valence-corrected chi connectivity index (χ2v) is 5.20. The maximum Gasteiger partial charge on any atom is 0.319 e. The summed E-state index contributed by atoms with van der Waals surface area (Å²) in [6.07, 6.45) is 6.11. The van der Waals surface area contributed by atoms with Crippen molar-refractivity contribution < 1.29 is 9.53 Å². The van der Waals surface area contributed by atoms with Crippen molar-refractivity contribution in [1.29, 1.82) is 0 Å². The third-order valence-electron chi connectivity index (χ3n) is 2.58. The summed E-state index contributed by atoms with van der Waals surface area (Å²) < 4.78 is 5.05. The van der Waals surface area contributed by atoms with E-state index in [-0.39, 0.29) is 11.2 Å². The predicted octanol–water partition coefficient (Wildman–Crippen LogP) is 3.00. The number of thioether (sulfide) groups is 1. The Morgan fingerprint density at radius 3 is 2.57 bits per heavy atom. The Morgan fingerprint density at radius 2 is 2.07 bits per heavy atom. The summed E-state index contributed by atoms with van der Waals surface area (Å²) >= 11 is 1.83. The highest BCUT2D eigenvalue weighted by Gasteiger charge is 2.25. The van der Waals surface area contributed by atoms with Crippen LogP contribution < -0.4 is 0 Å². The lowest BCUT2D eigenvalue weighted by molar-refractivity contribution is -0.142. The summed E-state index contributed by atoms with van der Waals surface area (Å²) in [7, 11) is 0. The van der Waals surface area contributed by atoms with Crippen LogP contribution in [0, 0.1) is 0 Å². The molecule has 1 aliphatic carbocycles. The van der Waals surface area contributed by atoms with Gasteiger partial charge in [-0.1, -0.05) is 19.8 Å². The minimum absolute atomic E-state index is 0.0214. The van der Waals surface area contributed by atoms with Crippen molar-refractivity contribution in [1.82, 2.24) is 0 Å². The SMILES string of the molecule is CCOC(=O)C(CC)SC1CCCC1. The molecule has 0 aliphatic heterocycles. The van der Waals surface area contributed by atoms with Crippen LogP contribution in [0.1, 0.15) is 46.0 Å². The second-order valence-electron chi connectivity index (χ2n) is 3.69. The largest absolute Gasteiger partial charge is 0.465 e. The molecule has 0 N–H and O–H groups in total. The van der Waals surface area contributed by atoms with Gasteiger partial charge in [-0.05, 0) is 26.2 Å². The lowest BCUT2D eigenvalue weighted by Crippen LogP contribution is -2.21. The van der Waals surface area contributed by atoms with Crippen LogP contribution in [0.25, 0.3) is 0 Å². The quantitative estimate of drug-likeness (QED) is 0.661. The fourth-order valence-electron chi connectivity index (χ4n) is 1.81. The average molecular weight is 216 g/mol. The van der Waals surface area contributed by atoms with Gasteiger partial charge in [0.15, 0.2) is 0 Å². The molecule has 0 radical (unpaired) electrons. The van der Waals surface area contributed by atoms with Crippen LogP contribution in [0.15, 0.2) is 0 Å². The highest BCUT2D eigenvalue weighted by molar-refractivity contribution is 8.01. The predicted molar refractivity (Wildman–Crippen MR) is 60.6 cm³/mol. The van der Waals surface area contributed by atoms with Gasteiger partial charge < -0.3 is 4.74 Å². The van der Waals surface area contributed by atoms with E-state index in [0.29, 0.717) is 11.9 Å². The fourth-order valence-corrected chi connectivity index (χ4v) is 3.25. The molecule has 1 aliphatic rings. The molecule has 2 nitrogen and oxygen atoms in total. The van der Waals surface area contributed by atoms with Crippen LogP contribution in [-0.4, -0.2) is 23.1 Å². The third-order valence-corrected chi connectivity index (χ3v) is 4.29. The molecule has 0 aromatic heterocycles. The zero-order valence-corrected chi connectivity index (χ0v) is 9.94. The lowest BCUT2D eigenvalue weighted by atomic mass is 10.3. The van der Waals surface area contributed by atoms with E-state index in [1.165, 1.54) is 25.7 Å². The van der Waals surface area contributed by atoms with E-state index >= 15 is 0 Å². The summed E-state index contributed by atoms with van der Waals surface area (Å²) in [5, 5.41) is 0.766. The normalized spacial score (nSPS) is 19.6. The number of hydrogen-bond acceptors (Lipinski definition) is 3. The van der Waals surface area contributed by atoms with Gasteiger partial charge in [0, 0.05) is 5.25 Å². The molecule has 82 valence electrons. The molecule has 1 atom stereocenters. The minimum atomic E-state index is -0.0214. The number of hydrogen-bond donors (Lipinski definition) is 0. The Balaban J connectivity index is 2.33. The van der Waals surface area contributed by atoms with Gasteiger partial charge in [0.2, 0.25) is 0 Å². The Hall–Kier alpha value is -0.180. The van der Waals surface area contributed by atoms with Gasteiger partial charge in [-0.15, -0.1) is 11.8 Å². The highest BCUT2D eigenvalue weighted by atomic mass is 32.2. The number of carbonyl (C=O) groups excluding carboxylic acids is 1. The Labute approximate surface area is 90.8 Å². The highest BCUT2D eigenvalue weighted by Crippen LogP contribution is 2.33. The molecule has 0 bridgehead atoms. The third kappa shape index (κ3) is 3.52. The van der Waals surface area contributed by atoms with Crippen LogP contribution in [0.3, 0.4) is 0 Å². The van der Waals surface area contributed by atoms with Crippen molar-refractivity contribution in [2.75, 3.05) is 6.61 Å². The minimum Gasteiger partial charge on any atom is -0.465 e. The van der Waals surface area contributed by atoms with E-state index in [1.807, 2.05) is 18.7 Å². The van der Waals surface area contributed by atoms with Gasteiger partial charge in [0.05, 0.1) is 6.61 Å². The lowest BCUT2D eigenvalue weighted by Gasteiger charge is -2.17. The monoisotopic (exact) mass is 216 g/mol. The molecule has 1 rings (SSSR count). The Bertz CT molecular complexity index is 176. The van der Waals surface area contributed by atoms with Gasteiger partial charge in [0.1, 0.15) is 5.25 Å². The van der Waals surface area contributed by atoms with Crippen molar-refractivity contribution in [2.45, 2.75) is 56.5 Å². The Kier molecular flexibility index (Phi) is 5.38. The molecule has 0 spiro atoms. The van der Waals surface area contributed by atoms with Crippen molar-refractivity contribution >= 4 is 17.7 Å². The molecule has 1 saturated carbocycles. The van der Waals surface area contributed by atoms with Crippen LogP contribution in [0.2, 0.25) is 0 Å². The molecular formula is C11H20O2S. The standard InChI is InChI=1S/C11H20O2S/c1-3-10(11(12)13-4-2)14-9-7-5-6-8-9/h9-10H,3-8H2,1-2H3. The van der Waals surface area contributed by atoms with Gasteiger partial charge in [0.25, 0.3) is 0 Å². The zero-order valence-electron chi connectivity index (χ0n) is 9.12. The van der Waals surface area contributed by atoms with Crippen molar-refractivity contribution in [3.05, 3.63) is 0 Å². The first-order chi connectivity index (χ1) is 6.77. The maximum absolute atomic E-state index is 11.5. The molecule has 0 aromatic rings. The molecule has 14 heavy (non-hydrogen) atoms. The molecule has 1 unspecified atom stereocenters. The van der Waals surface area contributed by atoms with Gasteiger partial charge in [-0.3, -0.25) is 4.79 Å². The number of rotatable bonds is 5. The first kappa shape index (κ1) is 11.9. The van der Waals surface area contributed by atoms with Crippen LogP contribution in [0.4, 0.5) is 0 Å². The molecule has 0 heterocycles. The second kappa shape index (κ2) is 6.33. The van der Waals surface area contributed by atoms with Gasteiger partial charge >= 0.3 is 5.97 Å². The fraction of sp³-hybridized carbons (Fsp3) is 0.909. The van der Waals surface area contributed by atoms with Crippen molar-refractivity contribution in [3.8, 4) is 0 Å². The van der Waals surface area contributed by atoms with Crippen molar-refractivity contribution in [3.63, 3.8) is 0 Å². The van der Waals surface area contributed by atoms with E-state index in [1.54, 1.807) is 0 Å². The van der Waals surface area contributed by atoms with Crippen LogP contribution in [0.5, 0.6) is 0 Å². The summed E-state index contributed by atoms with van der Waals surface area (Å²) in [5.41, 5.74) is 0. The smallest absolute Gasteiger partial charge is 0.319 e. The molecular weight excluding hydrogens is 196 g/mol. The maximum atomic E-state index is 11.5. The molecule has 0 saturated heterocycles. The van der Waals surface area contributed by atoms with Crippen LogP contribution in [-0.2, 0) is 9.53 Å². The van der Waals surface area contributed by atoms with Gasteiger partial charge in [-0.25, -0.2) is 0 Å². The summed E-state index contributed by atoms with van der Waals surface area (Å²) in [6, 6.07) is 0. The summed E-state index contributed by atoms with van der Waals surface area (Å²) in [5.74, 6) is -0.0214. The van der Waals surface area contributed by atoms with E-state index in [2.05, 4.69) is 6.92 Å². The van der Waals surface area contributed by atoms with Gasteiger partial charge in [-0.2, -0.15) is 0 Å². The van der Waals surface area contributed by atoms with Crippen molar-refractivity contribution in [2.24, 2.45) is 0 Å². The van der Waals surface area contributed by atoms with Crippen LogP contribution >= 0.6 is 11.8 Å². The average Bonchev–Trinajstić information content (AvgIpc) is 2.66. The molecule has 0 aromatic carbocycles. The molecule has 0 amide bonds. The van der Waals surface area contributed by atoms with E-state index < -0.39 is 0 Å². The van der Waals surface area contributed by atoms with E-state index in [0.717, 1.165) is 6.42 Å². The first-order valence-electron chi connectivity index (χ1n) is 5.60. The van der Waals surface area contributed by atoms with E-state index in [9.17, 15) is 4.79 Å². The number of ether oxygens (including phenoxy) is 1. The molecule has 1 fully saturated rings. The van der Waals surface area contributed by atoms with E-state index in [4.69, 9.17) is 4.74 Å².